The van der Waals surface area contributed by atoms with Crippen molar-refractivity contribution in [3.63, 3.8) is 0 Å². The van der Waals surface area contributed by atoms with Gasteiger partial charge in [-0.3, -0.25) is 0 Å². The first-order chi connectivity index (χ1) is 6.79. The Labute approximate surface area is 85.7 Å². The minimum atomic E-state index is 0.340. The quantitative estimate of drug-likeness (QED) is 0.721. The third-order valence-corrected chi connectivity index (χ3v) is 2.06. The number of rotatable bonds is 3. The van der Waals surface area contributed by atoms with Gasteiger partial charge in [-0.25, -0.2) is 0 Å². The molecule has 2 heterocycles. The smallest absolute Gasteiger partial charge is 0.156 e. The van der Waals surface area contributed by atoms with Gasteiger partial charge in [-0.05, 0) is 6.92 Å². The van der Waals surface area contributed by atoms with Gasteiger partial charge < -0.3 is 9.09 Å². The van der Waals surface area contributed by atoms with E-state index in [1.54, 1.807) is 6.33 Å². The van der Waals surface area contributed by atoms with Gasteiger partial charge in [0.2, 0.25) is 0 Å². The average molecular weight is 213 g/mol. The summed E-state index contributed by atoms with van der Waals surface area (Å²) in [5.41, 5.74) is 0.862. The number of halogens is 1. The molecule has 0 radical (unpaired) electrons. The van der Waals surface area contributed by atoms with Gasteiger partial charge in [-0.1, -0.05) is 5.16 Å². The van der Waals surface area contributed by atoms with Crippen molar-refractivity contribution in [2.75, 3.05) is 0 Å². The van der Waals surface area contributed by atoms with Gasteiger partial charge in [0.25, 0.3) is 0 Å². The van der Waals surface area contributed by atoms with Crippen molar-refractivity contribution < 1.29 is 4.52 Å². The molecule has 0 atom stereocenters. The van der Waals surface area contributed by atoms with E-state index in [0.717, 1.165) is 17.3 Å². The summed E-state index contributed by atoms with van der Waals surface area (Å²) in [4.78, 5) is 0. The minimum Gasteiger partial charge on any atom is -0.359 e. The van der Waals surface area contributed by atoms with Crippen LogP contribution in [0.4, 0.5) is 0 Å². The van der Waals surface area contributed by atoms with Crippen molar-refractivity contribution in [3.05, 3.63) is 29.7 Å². The Morgan fingerprint density at radius 1 is 1.57 bits per heavy atom. The second-order valence-electron chi connectivity index (χ2n) is 2.94. The zero-order valence-electron chi connectivity index (χ0n) is 7.64. The Kier molecular flexibility index (Phi) is 2.49. The molecule has 0 aliphatic heterocycles. The highest BCUT2D eigenvalue weighted by molar-refractivity contribution is 6.16. The van der Waals surface area contributed by atoms with Crippen LogP contribution in [0.1, 0.15) is 17.3 Å². The van der Waals surface area contributed by atoms with Crippen LogP contribution in [0, 0.1) is 6.92 Å². The lowest BCUT2D eigenvalue weighted by Crippen LogP contribution is -2.01. The van der Waals surface area contributed by atoms with Crippen molar-refractivity contribution in [1.29, 1.82) is 0 Å². The zero-order valence-corrected chi connectivity index (χ0v) is 8.40. The lowest BCUT2D eigenvalue weighted by atomic mass is 10.4. The molecule has 0 spiro atoms. The highest BCUT2D eigenvalue weighted by Gasteiger charge is 2.06. The summed E-state index contributed by atoms with van der Waals surface area (Å²) >= 11 is 5.68. The van der Waals surface area contributed by atoms with E-state index in [9.17, 15) is 0 Å². The number of aryl methyl sites for hydroxylation is 1. The first-order valence-electron chi connectivity index (χ1n) is 4.14. The monoisotopic (exact) mass is 212 g/mol. The summed E-state index contributed by atoms with van der Waals surface area (Å²) in [7, 11) is 0. The Morgan fingerprint density at radius 3 is 3.07 bits per heavy atom. The van der Waals surface area contributed by atoms with Gasteiger partial charge in [0.1, 0.15) is 12.2 Å². The molecule has 0 saturated heterocycles. The van der Waals surface area contributed by atoms with E-state index in [0.29, 0.717) is 12.4 Å². The Balaban J connectivity index is 2.18. The molecule has 2 aromatic rings. The first-order valence-corrected chi connectivity index (χ1v) is 4.68. The van der Waals surface area contributed by atoms with Crippen LogP contribution >= 0.6 is 11.6 Å². The van der Waals surface area contributed by atoms with Crippen LogP contribution in [-0.2, 0) is 12.4 Å². The summed E-state index contributed by atoms with van der Waals surface area (Å²) < 4.78 is 6.89. The van der Waals surface area contributed by atoms with E-state index in [2.05, 4.69) is 15.4 Å². The fraction of sp³-hybridized carbons (Fsp3) is 0.375. The molecule has 2 aromatic heterocycles. The van der Waals surface area contributed by atoms with E-state index in [1.807, 2.05) is 17.6 Å². The van der Waals surface area contributed by atoms with Crippen LogP contribution in [0.5, 0.6) is 0 Å². The second kappa shape index (κ2) is 3.79. The summed E-state index contributed by atoms with van der Waals surface area (Å²) in [5.74, 6) is 1.84. The maximum atomic E-state index is 5.68. The molecule has 14 heavy (non-hydrogen) atoms. The predicted octanol–water partition coefficient (Wildman–Crippen LogP) is 1.36. The van der Waals surface area contributed by atoms with Crippen LogP contribution in [0.3, 0.4) is 0 Å². The Morgan fingerprint density at radius 2 is 2.43 bits per heavy atom. The van der Waals surface area contributed by atoms with Gasteiger partial charge in [-0.15, -0.1) is 21.8 Å². The number of nitrogens with zero attached hydrogens (tertiary/aromatic N) is 4. The molecule has 0 saturated carbocycles. The predicted molar refractivity (Wildman–Crippen MR) is 49.9 cm³/mol. The molecule has 74 valence electrons. The molecule has 5 nitrogen and oxygen atoms in total. The van der Waals surface area contributed by atoms with E-state index in [4.69, 9.17) is 16.1 Å². The van der Waals surface area contributed by atoms with Crippen molar-refractivity contribution >= 4 is 11.6 Å². The van der Waals surface area contributed by atoms with Crippen molar-refractivity contribution in [2.45, 2.75) is 19.3 Å². The molecule has 0 N–H and O–H groups in total. The normalized spacial score (nSPS) is 10.7. The van der Waals surface area contributed by atoms with E-state index in [-0.39, 0.29) is 0 Å². The van der Waals surface area contributed by atoms with Gasteiger partial charge >= 0.3 is 0 Å². The van der Waals surface area contributed by atoms with Gasteiger partial charge in [0, 0.05) is 6.07 Å². The molecule has 0 aliphatic carbocycles. The zero-order chi connectivity index (χ0) is 9.97. The van der Waals surface area contributed by atoms with Crippen LogP contribution < -0.4 is 0 Å². The number of hydrogen-bond donors (Lipinski definition) is 0. The van der Waals surface area contributed by atoms with E-state index >= 15 is 0 Å². The molecule has 0 bridgehead atoms. The first kappa shape index (κ1) is 9.21. The van der Waals surface area contributed by atoms with Crippen LogP contribution in [-0.4, -0.2) is 19.9 Å². The standard InChI is InChI=1S/C8H9ClN4O/c1-6-2-7(14-12-6)4-13-5-10-11-8(13)3-9/h2,5H,3-4H2,1H3. The molecule has 0 unspecified atom stereocenters. The summed E-state index contributed by atoms with van der Waals surface area (Å²) in [6, 6.07) is 1.87. The number of alkyl halides is 1. The van der Waals surface area contributed by atoms with E-state index < -0.39 is 0 Å². The van der Waals surface area contributed by atoms with Gasteiger partial charge in [0.15, 0.2) is 5.76 Å². The van der Waals surface area contributed by atoms with Crippen molar-refractivity contribution in [3.8, 4) is 0 Å². The third-order valence-electron chi connectivity index (χ3n) is 1.82. The highest BCUT2D eigenvalue weighted by atomic mass is 35.5. The topological polar surface area (TPSA) is 56.7 Å². The van der Waals surface area contributed by atoms with Crippen LogP contribution in [0.25, 0.3) is 0 Å². The fourth-order valence-electron chi connectivity index (χ4n) is 1.17. The largest absolute Gasteiger partial charge is 0.359 e. The molecular formula is C8H9ClN4O. The third kappa shape index (κ3) is 1.77. The SMILES string of the molecule is Cc1cc(Cn2cnnc2CCl)on1. The average Bonchev–Trinajstić information content (AvgIpc) is 2.76. The molecule has 0 amide bonds. The Bertz CT molecular complexity index is 422. The minimum absolute atomic E-state index is 0.340. The second-order valence-corrected chi connectivity index (χ2v) is 3.21. The van der Waals surface area contributed by atoms with Crippen LogP contribution in [0.15, 0.2) is 16.9 Å². The van der Waals surface area contributed by atoms with Gasteiger partial charge in [-0.2, -0.15) is 0 Å². The van der Waals surface area contributed by atoms with Crippen LogP contribution in [0.2, 0.25) is 0 Å². The molecule has 0 aliphatic rings. The highest BCUT2D eigenvalue weighted by Crippen LogP contribution is 2.07. The molecular weight excluding hydrogens is 204 g/mol. The summed E-state index contributed by atoms with van der Waals surface area (Å²) in [5, 5.41) is 11.4. The number of hydrogen-bond acceptors (Lipinski definition) is 4. The lowest BCUT2D eigenvalue weighted by Gasteiger charge is -1.99. The molecule has 2 rings (SSSR count). The maximum absolute atomic E-state index is 5.68. The Hall–Kier alpha value is -1.36. The van der Waals surface area contributed by atoms with Gasteiger partial charge in [0.05, 0.1) is 18.1 Å². The number of aromatic nitrogens is 4. The summed E-state index contributed by atoms with van der Waals surface area (Å²) in [6.07, 6.45) is 1.62. The van der Waals surface area contributed by atoms with E-state index in [1.165, 1.54) is 0 Å². The maximum Gasteiger partial charge on any atom is 0.156 e. The van der Waals surface area contributed by atoms with Crippen molar-refractivity contribution in [2.24, 2.45) is 0 Å². The molecule has 6 heteroatoms. The summed E-state index contributed by atoms with van der Waals surface area (Å²) in [6.45, 7) is 2.44. The molecule has 0 aromatic carbocycles. The van der Waals surface area contributed by atoms with Crippen molar-refractivity contribution in [1.82, 2.24) is 19.9 Å². The molecule has 0 fully saturated rings. The lowest BCUT2D eigenvalue weighted by molar-refractivity contribution is 0.372. The fourth-order valence-corrected chi connectivity index (χ4v) is 1.38.